The van der Waals surface area contributed by atoms with Crippen LogP contribution in [0.25, 0.3) is 0 Å². The van der Waals surface area contributed by atoms with Crippen molar-refractivity contribution in [2.75, 3.05) is 0 Å². The number of benzene rings is 2. The van der Waals surface area contributed by atoms with Crippen molar-refractivity contribution in [3.8, 4) is 0 Å². The van der Waals surface area contributed by atoms with Gasteiger partial charge in [-0.25, -0.2) is 4.79 Å². The molecular weight excluding hydrogens is 368 g/mol. The maximum absolute atomic E-state index is 12.7. The van der Waals surface area contributed by atoms with E-state index in [-0.39, 0.29) is 18.7 Å². The minimum absolute atomic E-state index is 0.0406. The lowest BCUT2D eigenvalue weighted by Gasteiger charge is -2.21. The SMILES string of the molecule is CC(=O)N[C@@H](Cc1ccccc1)C(=O)N[C@H](Cc1ccccc1Cl)C(=O)O. The summed E-state index contributed by atoms with van der Waals surface area (Å²) in [6, 6.07) is 14.0. The Labute approximate surface area is 162 Å². The second kappa shape index (κ2) is 9.73. The second-order valence-electron chi connectivity index (χ2n) is 6.14. The second-order valence-corrected chi connectivity index (χ2v) is 6.54. The number of hydrogen-bond acceptors (Lipinski definition) is 3. The number of rotatable bonds is 8. The molecule has 0 aliphatic heterocycles. The van der Waals surface area contributed by atoms with Gasteiger partial charge in [-0.2, -0.15) is 0 Å². The molecule has 7 heteroatoms. The van der Waals surface area contributed by atoms with Crippen LogP contribution < -0.4 is 10.6 Å². The van der Waals surface area contributed by atoms with Crippen LogP contribution in [0.5, 0.6) is 0 Å². The molecule has 0 bridgehead atoms. The molecule has 0 fully saturated rings. The van der Waals surface area contributed by atoms with E-state index in [9.17, 15) is 19.5 Å². The van der Waals surface area contributed by atoms with Crippen LogP contribution in [0.2, 0.25) is 5.02 Å². The molecule has 2 rings (SSSR count). The van der Waals surface area contributed by atoms with E-state index in [0.717, 1.165) is 5.56 Å². The molecule has 0 unspecified atom stereocenters. The fourth-order valence-corrected chi connectivity index (χ4v) is 2.87. The monoisotopic (exact) mass is 388 g/mol. The van der Waals surface area contributed by atoms with Gasteiger partial charge in [0.2, 0.25) is 11.8 Å². The summed E-state index contributed by atoms with van der Waals surface area (Å²) in [6.45, 7) is 1.31. The average Bonchev–Trinajstić information content (AvgIpc) is 2.62. The van der Waals surface area contributed by atoms with Crippen molar-refractivity contribution in [1.29, 1.82) is 0 Å². The van der Waals surface area contributed by atoms with E-state index >= 15 is 0 Å². The Balaban J connectivity index is 2.13. The third-order valence-corrected chi connectivity index (χ3v) is 4.34. The summed E-state index contributed by atoms with van der Waals surface area (Å²) in [5.41, 5.74) is 1.47. The van der Waals surface area contributed by atoms with Gasteiger partial charge in [0.25, 0.3) is 0 Å². The molecule has 0 radical (unpaired) electrons. The van der Waals surface area contributed by atoms with Crippen molar-refractivity contribution in [3.05, 3.63) is 70.7 Å². The van der Waals surface area contributed by atoms with Crippen molar-refractivity contribution in [3.63, 3.8) is 0 Å². The molecule has 0 aliphatic carbocycles. The highest BCUT2D eigenvalue weighted by Gasteiger charge is 2.26. The van der Waals surface area contributed by atoms with Crippen molar-refractivity contribution in [2.24, 2.45) is 0 Å². The van der Waals surface area contributed by atoms with Gasteiger partial charge in [-0.15, -0.1) is 0 Å². The molecule has 0 aliphatic rings. The predicted molar refractivity (Wildman–Crippen MR) is 102 cm³/mol. The minimum Gasteiger partial charge on any atom is -0.480 e. The smallest absolute Gasteiger partial charge is 0.326 e. The first-order chi connectivity index (χ1) is 12.9. The van der Waals surface area contributed by atoms with Gasteiger partial charge < -0.3 is 15.7 Å². The fraction of sp³-hybridized carbons (Fsp3) is 0.250. The van der Waals surface area contributed by atoms with Gasteiger partial charge in [0.15, 0.2) is 0 Å². The third kappa shape index (κ3) is 6.42. The van der Waals surface area contributed by atoms with Crippen LogP contribution >= 0.6 is 11.6 Å². The van der Waals surface area contributed by atoms with Crippen LogP contribution in [0.15, 0.2) is 54.6 Å². The van der Waals surface area contributed by atoms with Crippen molar-refractivity contribution >= 4 is 29.4 Å². The summed E-state index contributed by atoms with van der Waals surface area (Å²) in [5.74, 6) is -2.11. The summed E-state index contributed by atoms with van der Waals surface area (Å²) in [6.07, 6.45) is 0.295. The van der Waals surface area contributed by atoms with Crippen LogP contribution in [-0.4, -0.2) is 35.0 Å². The standard InChI is InChI=1S/C20H21ClN2O4/c1-13(24)22-17(11-14-7-3-2-4-8-14)19(25)23-18(20(26)27)12-15-9-5-6-10-16(15)21/h2-10,17-18H,11-12H2,1H3,(H,22,24)(H,23,25)(H,26,27)/t17-,18+/m0/s1. The molecule has 2 amide bonds. The maximum Gasteiger partial charge on any atom is 0.326 e. The molecule has 2 aromatic rings. The van der Waals surface area contributed by atoms with E-state index in [1.807, 2.05) is 30.3 Å². The normalized spacial score (nSPS) is 12.7. The van der Waals surface area contributed by atoms with Gasteiger partial charge in [-0.1, -0.05) is 60.1 Å². The highest BCUT2D eigenvalue weighted by molar-refractivity contribution is 6.31. The molecule has 142 valence electrons. The first-order valence-corrected chi connectivity index (χ1v) is 8.82. The fourth-order valence-electron chi connectivity index (χ4n) is 2.66. The van der Waals surface area contributed by atoms with Gasteiger partial charge in [-0.3, -0.25) is 9.59 Å². The zero-order valence-corrected chi connectivity index (χ0v) is 15.6. The molecule has 0 saturated carbocycles. The van der Waals surface area contributed by atoms with Gasteiger partial charge in [0.1, 0.15) is 12.1 Å². The minimum atomic E-state index is -1.18. The van der Waals surface area contributed by atoms with Crippen LogP contribution in [0, 0.1) is 0 Å². The number of carbonyl (C=O) groups is 3. The number of hydrogen-bond donors (Lipinski definition) is 3. The molecular formula is C20H21ClN2O4. The van der Waals surface area contributed by atoms with Gasteiger partial charge in [0.05, 0.1) is 0 Å². The van der Waals surface area contributed by atoms with Crippen molar-refractivity contribution in [1.82, 2.24) is 10.6 Å². The number of amides is 2. The number of carboxylic acids is 1. The number of carboxylic acid groups (broad SMARTS) is 1. The predicted octanol–water partition coefficient (Wildman–Crippen LogP) is 2.20. The number of carbonyl (C=O) groups excluding carboxylic acids is 2. The Bertz CT molecular complexity index is 811. The lowest BCUT2D eigenvalue weighted by atomic mass is 10.0. The Morgan fingerprint density at radius 2 is 1.56 bits per heavy atom. The molecule has 3 N–H and O–H groups in total. The Hall–Kier alpha value is -2.86. The first-order valence-electron chi connectivity index (χ1n) is 8.44. The van der Waals surface area contributed by atoms with E-state index in [1.165, 1.54) is 6.92 Å². The van der Waals surface area contributed by atoms with Gasteiger partial charge in [0, 0.05) is 24.8 Å². The maximum atomic E-state index is 12.7. The molecule has 0 heterocycles. The summed E-state index contributed by atoms with van der Waals surface area (Å²) < 4.78 is 0. The average molecular weight is 389 g/mol. The van der Waals surface area contributed by atoms with Crippen LogP contribution in [-0.2, 0) is 27.2 Å². The Morgan fingerprint density at radius 1 is 0.926 bits per heavy atom. The highest BCUT2D eigenvalue weighted by atomic mass is 35.5. The van der Waals surface area contributed by atoms with E-state index < -0.39 is 24.0 Å². The first kappa shape index (κ1) is 20.5. The molecule has 2 aromatic carbocycles. The van der Waals surface area contributed by atoms with E-state index in [2.05, 4.69) is 10.6 Å². The van der Waals surface area contributed by atoms with E-state index in [0.29, 0.717) is 10.6 Å². The molecule has 0 aromatic heterocycles. The van der Waals surface area contributed by atoms with Gasteiger partial charge in [-0.05, 0) is 17.2 Å². The van der Waals surface area contributed by atoms with Crippen LogP contribution in [0.1, 0.15) is 18.1 Å². The number of halogens is 1. The topological polar surface area (TPSA) is 95.5 Å². The third-order valence-electron chi connectivity index (χ3n) is 3.97. The van der Waals surface area contributed by atoms with Crippen LogP contribution in [0.3, 0.4) is 0 Å². The Kier molecular flexibility index (Phi) is 7.37. The largest absolute Gasteiger partial charge is 0.480 e. The number of aliphatic carboxylic acids is 1. The molecule has 2 atom stereocenters. The van der Waals surface area contributed by atoms with E-state index in [4.69, 9.17) is 11.6 Å². The Morgan fingerprint density at radius 3 is 2.15 bits per heavy atom. The summed E-state index contributed by atoms with van der Waals surface area (Å²) >= 11 is 6.09. The quantitative estimate of drug-likeness (QED) is 0.646. The molecule has 27 heavy (non-hydrogen) atoms. The lowest BCUT2D eigenvalue weighted by molar-refractivity contribution is -0.142. The molecule has 6 nitrogen and oxygen atoms in total. The summed E-state index contributed by atoms with van der Waals surface area (Å²) in [7, 11) is 0. The van der Waals surface area contributed by atoms with Gasteiger partial charge >= 0.3 is 5.97 Å². The summed E-state index contributed by atoms with van der Waals surface area (Å²) in [5, 5.41) is 15.0. The van der Waals surface area contributed by atoms with Crippen LogP contribution in [0.4, 0.5) is 0 Å². The molecule has 0 saturated heterocycles. The highest BCUT2D eigenvalue weighted by Crippen LogP contribution is 2.17. The van der Waals surface area contributed by atoms with E-state index in [1.54, 1.807) is 24.3 Å². The molecule has 0 spiro atoms. The summed E-state index contributed by atoms with van der Waals surface area (Å²) in [4.78, 5) is 35.7. The zero-order valence-electron chi connectivity index (χ0n) is 14.8. The van der Waals surface area contributed by atoms with Crippen molar-refractivity contribution in [2.45, 2.75) is 31.8 Å². The number of nitrogens with one attached hydrogen (secondary N) is 2. The van der Waals surface area contributed by atoms with Crippen molar-refractivity contribution < 1.29 is 19.5 Å². The zero-order chi connectivity index (χ0) is 19.8. The lowest BCUT2D eigenvalue weighted by Crippen LogP contribution is -2.52.